The Morgan fingerprint density at radius 1 is 1.03 bits per heavy atom. The molecule has 4 bridgehead atoms. The average molecular weight is 836 g/mol. The SMILES string of the molecule is C=C[C@@H]1C[C@]1(CC(=O)[C@@H]1C[C@@H]2CN1C(=O)[C@H](C1CCCCC1)CC(=O)OCC(C)CC/C=C/c1cc3c(cc(-c4ccccc4)nc3cc1C)O2)C(=O)NS(=O)(=O)C1CC1. The zero-order valence-corrected chi connectivity index (χ0v) is 35.6. The number of ketones is 1. The fourth-order valence-corrected chi connectivity index (χ4v) is 11.1. The molecule has 8 rings (SSSR count). The Morgan fingerprint density at radius 3 is 2.52 bits per heavy atom. The molecule has 3 saturated carbocycles. The molecule has 3 aliphatic carbocycles. The average Bonchev–Trinajstić information content (AvgIpc) is 4.17. The Bertz CT molecular complexity index is 2300. The summed E-state index contributed by atoms with van der Waals surface area (Å²) in [7, 11) is -3.86. The summed E-state index contributed by atoms with van der Waals surface area (Å²) >= 11 is 0. The van der Waals surface area contributed by atoms with E-state index in [4.69, 9.17) is 14.5 Å². The normalized spacial score (nSPS) is 28.5. The molecular formula is C48H57N3O8S. The summed E-state index contributed by atoms with van der Waals surface area (Å²) < 4.78 is 40.9. The number of nitrogens with zero attached hydrogens (tertiary/aromatic N) is 2. The number of sulfonamides is 1. The van der Waals surface area contributed by atoms with Gasteiger partial charge in [0.05, 0.1) is 53.4 Å². The second kappa shape index (κ2) is 17.3. The van der Waals surface area contributed by atoms with Crippen molar-refractivity contribution in [1.82, 2.24) is 14.6 Å². The molecule has 1 unspecified atom stereocenters. The monoisotopic (exact) mass is 835 g/mol. The van der Waals surface area contributed by atoms with E-state index in [1.807, 2.05) is 36.4 Å². The minimum Gasteiger partial charge on any atom is -0.488 e. The van der Waals surface area contributed by atoms with E-state index in [1.54, 1.807) is 11.0 Å². The number of amides is 2. The van der Waals surface area contributed by atoms with Crippen molar-refractivity contribution in [2.24, 2.45) is 29.1 Å². The Balaban J connectivity index is 1.18. The van der Waals surface area contributed by atoms with Crippen LogP contribution in [0.2, 0.25) is 0 Å². The summed E-state index contributed by atoms with van der Waals surface area (Å²) in [5.74, 6) is -2.19. The lowest BCUT2D eigenvalue weighted by molar-refractivity contribution is -0.153. The highest BCUT2D eigenvalue weighted by atomic mass is 32.2. The van der Waals surface area contributed by atoms with Crippen LogP contribution >= 0.6 is 0 Å². The number of cyclic esters (lactones) is 1. The minimum absolute atomic E-state index is 0.0521. The second-order valence-electron chi connectivity index (χ2n) is 18.1. The highest BCUT2D eigenvalue weighted by Crippen LogP contribution is 2.57. The number of pyridine rings is 1. The summed E-state index contributed by atoms with van der Waals surface area (Å²) in [6, 6.07) is 15.0. The van der Waals surface area contributed by atoms with Crippen LogP contribution in [-0.4, -0.2) is 72.4 Å². The van der Waals surface area contributed by atoms with Gasteiger partial charge in [-0.25, -0.2) is 13.4 Å². The van der Waals surface area contributed by atoms with E-state index in [1.165, 1.54) is 0 Å². The molecule has 4 fully saturated rings. The molecule has 2 aromatic carbocycles. The Labute approximate surface area is 353 Å². The lowest BCUT2D eigenvalue weighted by Gasteiger charge is -2.34. The van der Waals surface area contributed by atoms with Gasteiger partial charge in [-0.05, 0) is 92.9 Å². The van der Waals surface area contributed by atoms with Crippen LogP contribution < -0.4 is 9.46 Å². The van der Waals surface area contributed by atoms with E-state index in [2.05, 4.69) is 49.4 Å². The molecule has 1 aromatic heterocycles. The fraction of sp³-hybridized carbons (Fsp3) is 0.521. The topological polar surface area (TPSA) is 149 Å². The van der Waals surface area contributed by atoms with Crippen molar-refractivity contribution >= 4 is 50.6 Å². The third-order valence-corrected chi connectivity index (χ3v) is 15.4. The van der Waals surface area contributed by atoms with Crippen LogP contribution in [-0.2, 0) is 33.9 Å². The van der Waals surface area contributed by atoms with Gasteiger partial charge in [0.2, 0.25) is 21.8 Å². The number of aromatic nitrogens is 1. The number of nitrogens with one attached hydrogen (secondary N) is 1. The Kier molecular flexibility index (Phi) is 12.0. The highest BCUT2D eigenvalue weighted by Gasteiger charge is 2.61. The van der Waals surface area contributed by atoms with Gasteiger partial charge in [-0.15, -0.1) is 6.58 Å². The number of esters is 1. The third-order valence-electron chi connectivity index (χ3n) is 13.6. The van der Waals surface area contributed by atoms with Gasteiger partial charge in [-0.1, -0.05) is 74.7 Å². The molecule has 1 N–H and O–H groups in total. The van der Waals surface area contributed by atoms with Gasteiger partial charge >= 0.3 is 5.97 Å². The number of Topliss-reactive ketones (excluding diaryl/α,β-unsaturated/α-hetero) is 1. The van der Waals surface area contributed by atoms with Gasteiger partial charge in [0.15, 0.2) is 5.78 Å². The van der Waals surface area contributed by atoms with Crippen molar-refractivity contribution in [1.29, 1.82) is 0 Å². The molecule has 1 saturated heterocycles. The molecule has 0 spiro atoms. The molecule has 318 valence electrons. The zero-order valence-electron chi connectivity index (χ0n) is 34.8. The fourth-order valence-electron chi connectivity index (χ4n) is 9.67. The van der Waals surface area contributed by atoms with E-state index < -0.39 is 56.5 Å². The van der Waals surface area contributed by atoms with Crippen LogP contribution in [0.3, 0.4) is 0 Å². The van der Waals surface area contributed by atoms with Crippen LogP contribution in [0.25, 0.3) is 28.2 Å². The number of fused-ring (bicyclic) bond motifs is 3. The van der Waals surface area contributed by atoms with Crippen molar-refractivity contribution in [3.8, 4) is 17.0 Å². The van der Waals surface area contributed by atoms with Crippen molar-refractivity contribution in [3.63, 3.8) is 0 Å². The maximum Gasteiger partial charge on any atom is 0.306 e. The maximum absolute atomic E-state index is 15.1. The van der Waals surface area contributed by atoms with E-state index in [-0.39, 0.29) is 62.4 Å². The van der Waals surface area contributed by atoms with Crippen LogP contribution in [0.4, 0.5) is 0 Å². The largest absolute Gasteiger partial charge is 0.488 e. The third kappa shape index (κ3) is 8.94. The summed E-state index contributed by atoms with van der Waals surface area (Å²) in [5.41, 5.74) is 3.17. The molecule has 6 atom stereocenters. The van der Waals surface area contributed by atoms with Crippen molar-refractivity contribution in [3.05, 3.63) is 78.4 Å². The molecule has 2 aliphatic heterocycles. The maximum atomic E-state index is 15.1. The minimum atomic E-state index is -3.86. The predicted octanol–water partition coefficient (Wildman–Crippen LogP) is 7.89. The molecule has 12 heteroatoms. The first-order chi connectivity index (χ1) is 28.8. The molecule has 3 heterocycles. The van der Waals surface area contributed by atoms with Crippen molar-refractivity contribution < 1.29 is 37.1 Å². The van der Waals surface area contributed by atoms with Crippen LogP contribution in [0.15, 0.2) is 67.3 Å². The van der Waals surface area contributed by atoms with Gasteiger partial charge in [0.1, 0.15) is 11.9 Å². The Hall–Kier alpha value is -4.84. The van der Waals surface area contributed by atoms with Gasteiger partial charge in [0, 0.05) is 29.9 Å². The molecule has 11 nitrogen and oxygen atoms in total. The molecule has 2 amide bonds. The standard InChI is InChI=1S/C48H57N3O8S/c1-4-35-26-48(35,47(55)50-60(56,57)37-19-20-37)27-43(52)42-23-36-28-51(42)46(54)38(32-14-7-5-8-15-32)24-45(53)58-29-30(2)13-11-12-18-34-22-39-41(21-31(34)3)49-40(25-44(39)59-36)33-16-9-6-10-17-33/h4,6,9-10,12,16-18,21-22,25,30,32,35-38,42H,1,5,7-8,11,13-15,19-20,23-24,26-29H2,2-3H3,(H,50,55)/b18-12+/t30?,35-,36-,38+,42+,48-/m1/s1. The number of rotatable bonds is 9. The van der Waals surface area contributed by atoms with Crippen molar-refractivity contribution in [2.75, 3.05) is 13.2 Å². The first-order valence-electron chi connectivity index (χ1n) is 21.9. The van der Waals surface area contributed by atoms with E-state index in [0.717, 1.165) is 78.2 Å². The van der Waals surface area contributed by atoms with Crippen LogP contribution in [0, 0.1) is 36.0 Å². The lowest BCUT2D eigenvalue weighted by atomic mass is 9.77. The van der Waals surface area contributed by atoms with E-state index in [0.29, 0.717) is 18.6 Å². The summed E-state index contributed by atoms with van der Waals surface area (Å²) in [6.45, 7) is 8.33. The molecular weight excluding hydrogens is 779 g/mol. The second-order valence-corrected chi connectivity index (χ2v) is 20.0. The molecule has 0 radical (unpaired) electrons. The van der Waals surface area contributed by atoms with Gasteiger partial charge < -0.3 is 14.4 Å². The lowest BCUT2D eigenvalue weighted by Crippen LogP contribution is -2.48. The highest BCUT2D eigenvalue weighted by molar-refractivity contribution is 7.90. The quantitative estimate of drug-likeness (QED) is 0.168. The predicted molar refractivity (Wildman–Crippen MR) is 230 cm³/mol. The molecule has 5 aliphatic rings. The first-order valence-corrected chi connectivity index (χ1v) is 23.4. The first kappa shape index (κ1) is 41.9. The number of benzene rings is 2. The van der Waals surface area contributed by atoms with E-state index >= 15 is 4.79 Å². The number of aryl methyl sites for hydroxylation is 1. The number of hydrogen-bond acceptors (Lipinski definition) is 9. The summed E-state index contributed by atoms with van der Waals surface area (Å²) in [6.07, 6.45) is 12.5. The number of ether oxygens (including phenoxy) is 2. The summed E-state index contributed by atoms with van der Waals surface area (Å²) in [4.78, 5) is 63.9. The van der Waals surface area contributed by atoms with Crippen LogP contribution in [0.5, 0.6) is 5.75 Å². The Morgan fingerprint density at radius 2 is 1.80 bits per heavy atom. The smallest absolute Gasteiger partial charge is 0.306 e. The van der Waals surface area contributed by atoms with Gasteiger partial charge in [-0.2, -0.15) is 0 Å². The van der Waals surface area contributed by atoms with E-state index in [9.17, 15) is 22.8 Å². The van der Waals surface area contributed by atoms with Crippen molar-refractivity contribution in [2.45, 2.75) is 115 Å². The van der Waals surface area contributed by atoms with Gasteiger partial charge in [0.25, 0.3) is 0 Å². The summed E-state index contributed by atoms with van der Waals surface area (Å²) in [5, 5.41) is 0.199. The van der Waals surface area contributed by atoms with Gasteiger partial charge in [-0.3, -0.25) is 23.9 Å². The van der Waals surface area contributed by atoms with Crippen LogP contribution in [0.1, 0.15) is 102 Å². The number of carbonyl (C=O) groups is 4. The molecule has 60 heavy (non-hydrogen) atoms. The number of carbonyl (C=O) groups excluding carboxylic acids is 4. The zero-order chi connectivity index (χ0) is 42.2. The molecule has 3 aromatic rings. The number of allylic oxidation sites excluding steroid dienone is 2. The number of hydrogen-bond donors (Lipinski definition) is 1.